The summed E-state index contributed by atoms with van der Waals surface area (Å²) < 4.78 is 0. The van der Waals surface area contributed by atoms with Gasteiger partial charge in [0.1, 0.15) is 5.54 Å². The van der Waals surface area contributed by atoms with Crippen molar-refractivity contribution in [3.8, 4) is 0 Å². The Balaban J connectivity index is 1.71. The van der Waals surface area contributed by atoms with Gasteiger partial charge in [-0.1, -0.05) is 64.3 Å². The first-order valence-corrected chi connectivity index (χ1v) is 14.3. The van der Waals surface area contributed by atoms with E-state index in [-0.39, 0.29) is 18.5 Å². The lowest BCUT2D eigenvalue weighted by molar-refractivity contribution is -0.142. The van der Waals surface area contributed by atoms with Gasteiger partial charge in [0.05, 0.1) is 23.3 Å². The monoisotopic (exact) mass is 562 g/mol. The summed E-state index contributed by atoms with van der Waals surface area (Å²) in [6.07, 6.45) is 5.24. The van der Waals surface area contributed by atoms with Gasteiger partial charge in [0.2, 0.25) is 5.91 Å². The average molecular weight is 563 g/mol. The quantitative estimate of drug-likeness (QED) is 0.431. The SMILES string of the molecule is CC(C)(C)C(=O)N1C(=O)[C@](C)(NC(=O)Nc2cccc(C(C)(C)C(=O)O)c2)CN(C2CCCCC2)c2ccccc21. The van der Waals surface area contributed by atoms with E-state index in [0.29, 0.717) is 16.9 Å². The molecule has 1 saturated carbocycles. The van der Waals surface area contributed by atoms with Crippen LogP contribution in [0, 0.1) is 5.41 Å². The van der Waals surface area contributed by atoms with Crippen molar-refractivity contribution in [1.29, 1.82) is 0 Å². The first-order valence-electron chi connectivity index (χ1n) is 14.3. The van der Waals surface area contributed by atoms with Gasteiger partial charge in [-0.25, -0.2) is 9.69 Å². The maximum atomic E-state index is 14.4. The second kappa shape index (κ2) is 11.2. The number of carbonyl (C=O) groups excluding carboxylic acids is 3. The predicted octanol–water partition coefficient (Wildman–Crippen LogP) is 5.69. The smallest absolute Gasteiger partial charge is 0.320 e. The number of fused-ring (bicyclic) bond motifs is 1. The molecular formula is C32H42N4O5. The molecule has 2 aromatic rings. The van der Waals surface area contributed by atoms with Crippen LogP contribution in [0.15, 0.2) is 48.5 Å². The number of hydrogen-bond donors (Lipinski definition) is 3. The first-order chi connectivity index (χ1) is 19.1. The topological polar surface area (TPSA) is 119 Å². The molecular weight excluding hydrogens is 520 g/mol. The highest BCUT2D eigenvalue weighted by Gasteiger charge is 2.49. The molecule has 1 heterocycles. The molecule has 0 unspecified atom stereocenters. The summed E-state index contributed by atoms with van der Waals surface area (Å²) in [6, 6.07) is 13.7. The molecule has 1 fully saturated rings. The summed E-state index contributed by atoms with van der Waals surface area (Å²) in [5.41, 5.74) is -1.19. The number of amides is 4. The molecule has 4 rings (SSSR count). The number of hydrogen-bond acceptors (Lipinski definition) is 5. The van der Waals surface area contributed by atoms with Crippen molar-refractivity contribution in [2.45, 2.75) is 90.6 Å². The Morgan fingerprint density at radius 2 is 1.56 bits per heavy atom. The fourth-order valence-corrected chi connectivity index (χ4v) is 5.62. The third-order valence-electron chi connectivity index (χ3n) is 8.22. The summed E-state index contributed by atoms with van der Waals surface area (Å²) in [6.45, 7) is 10.4. The molecule has 2 aromatic carbocycles. The number of carboxylic acids is 1. The number of nitrogens with one attached hydrogen (secondary N) is 2. The highest BCUT2D eigenvalue weighted by atomic mass is 16.4. The van der Waals surface area contributed by atoms with Gasteiger partial charge in [-0.05, 0) is 63.4 Å². The Morgan fingerprint density at radius 3 is 2.17 bits per heavy atom. The molecule has 4 amide bonds. The van der Waals surface area contributed by atoms with Crippen LogP contribution in [0.3, 0.4) is 0 Å². The lowest BCUT2D eigenvalue weighted by atomic mass is 9.84. The van der Waals surface area contributed by atoms with Gasteiger partial charge < -0.3 is 20.6 Å². The lowest BCUT2D eigenvalue weighted by Crippen LogP contribution is -2.64. The molecule has 0 saturated heterocycles. The molecule has 41 heavy (non-hydrogen) atoms. The Bertz CT molecular complexity index is 1340. The standard InChI is InChI=1S/C32H42N4O5/c1-30(2,3)26(37)36-25-18-11-10-17-24(25)35(23-15-8-7-9-16-23)20-32(6,27(36)38)34-29(41)33-22-14-12-13-21(19-22)31(4,5)28(39)40/h10-14,17-19,23H,7-9,15-16,20H2,1-6H3,(H,39,40)(H2,33,34,41)/t32-/m1/s1. The summed E-state index contributed by atoms with van der Waals surface area (Å²) in [5, 5.41) is 15.3. The molecule has 220 valence electrons. The fourth-order valence-electron chi connectivity index (χ4n) is 5.62. The maximum absolute atomic E-state index is 14.4. The number of aliphatic carboxylic acids is 1. The van der Waals surface area contributed by atoms with E-state index in [2.05, 4.69) is 15.5 Å². The molecule has 9 heteroatoms. The van der Waals surface area contributed by atoms with Crippen LogP contribution < -0.4 is 20.4 Å². The van der Waals surface area contributed by atoms with Crippen molar-refractivity contribution < 1.29 is 24.3 Å². The zero-order valence-electron chi connectivity index (χ0n) is 24.9. The summed E-state index contributed by atoms with van der Waals surface area (Å²) in [4.78, 5) is 56.8. The Morgan fingerprint density at radius 1 is 0.927 bits per heavy atom. The summed E-state index contributed by atoms with van der Waals surface area (Å²) >= 11 is 0. The number of benzene rings is 2. The van der Waals surface area contributed by atoms with Gasteiger partial charge in [0, 0.05) is 17.1 Å². The van der Waals surface area contributed by atoms with E-state index in [1.165, 1.54) is 4.90 Å². The number of para-hydroxylation sites is 2. The van der Waals surface area contributed by atoms with Crippen molar-refractivity contribution in [1.82, 2.24) is 5.32 Å². The van der Waals surface area contributed by atoms with Crippen LogP contribution in [0.5, 0.6) is 0 Å². The van der Waals surface area contributed by atoms with E-state index >= 15 is 0 Å². The van der Waals surface area contributed by atoms with Crippen LogP contribution in [-0.2, 0) is 19.8 Å². The number of imide groups is 1. The number of anilines is 3. The minimum Gasteiger partial charge on any atom is -0.481 e. The molecule has 1 aliphatic heterocycles. The number of urea groups is 1. The van der Waals surface area contributed by atoms with Crippen LogP contribution in [0.25, 0.3) is 0 Å². The minimum absolute atomic E-state index is 0.168. The Kier molecular flexibility index (Phi) is 8.21. The van der Waals surface area contributed by atoms with E-state index in [0.717, 1.165) is 37.8 Å². The van der Waals surface area contributed by atoms with E-state index < -0.39 is 34.3 Å². The third kappa shape index (κ3) is 6.09. The van der Waals surface area contributed by atoms with Crippen molar-refractivity contribution >= 4 is 40.9 Å². The second-order valence-corrected chi connectivity index (χ2v) is 13.0. The van der Waals surface area contributed by atoms with Crippen molar-refractivity contribution in [3.63, 3.8) is 0 Å². The number of carbonyl (C=O) groups is 4. The van der Waals surface area contributed by atoms with Crippen LogP contribution >= 0.6 is 0 Å². The zero-order valence-corrected chi connectivity index (χ0v) is 24.9. The highest BCUT2D eigenvalue weighted by molar-refractivity contribution is 6.22. The third-order valence-corrected chi connectivity index (χ3v) is 8.22. The molecule has 0 radical (unpaired) electrons. The summed E-state index contributed by atoms with van der Waals surface area (Å²) in [7, 11) is 0. The molecule has 0 aromatic heterocycles. The van der Waals surface area contributed by atoms with Gasteiger partial charge >= 0.3 is 12.0 Å². The van der Waals surface area contributed by atoms with E-state index in [9.17, 15) is 24.3 Å². The minimum atomic E-state index is -1.45. The molecule has 0 bridgehead atoms. The molecule has 0 spiro atoms. The van der Waals surface area contributed by atoms with Gasteiger partial charge in [-0.3, -0.25) is 14.4 Å². The highest BCUT2D eigenvalue weighted by Crippen LogP contribution is 2.40. The van der Waals surface area contributed by atoms with E-state index in [1.807, 2.05) is 18.2 Å². The van der Waals surface area contributed by atoms with Gasteiger partial charge in [-0.2, -0.15) is 0 Å². The van der Waals surface area contributed by atoms with Crippen molar-refractivity contribution in [3.05, 3.63) is 54.1 Å². The fraction of sp³-hybridized carbons (Fsp3) is 0.500. The largest absolute Gasteiger partial charge is 0.481 e. The number of nitrogens with zero attached hydrogens (tertiary/aromatic N) is 2. The Labute approximate surface area is 242 Å². The molecule has 1 atom stereocenters. The molecule has 9 nitrogen and oxygen atoms in total. The van der Waals surface area contributed by atoms with Crippen LogP contribution in [0.1, 0.15) is 79.2 Å². The average Bonchev–Trinajstić information content (AvgIpc) is 3.00. The molecule has 3 N–H and O–H groups in total. The van der Waals surface area contributed by atoms with Crippen LogP contribution in [0.4, 0.5) is 21.9 Å². The summed E-state index contributed by atoms with van der Waals surface area (Å²) in [5.74, 6) is -1.83. The van der Waals surface area contributed by atoms with Crippen molar-refractivity contribution in [2.24, 2.45) is 5.41 Å². The number of rotatable bonds is 5. The Hall–Kier alpha value is -3.88. The zero-order chi connectivity index (χ0) is 30.2. The molecule has 1 aliphatic carbocycles. The van der Waals surface area contributed by atoms with Gasteiger partial charge in [0.25, 0.3) is 5.91 Å². The maximum Gasteiger partial charge on any atom is 0.320 e. The van der Waals surface area contributed by atoms with Gasteiger partial charge in [-0.15, -0.1) is 0 Å². The normalized spacial score (nSPS) is 20.2. The first kappa shape index (κ1) is 30.1. The molecule has 2 aliphatic rings. The predicted molar refractivity (Wildman–Crippen MR) is 160 cm³/mol. The van der Waals surface area contributed by atoms with Crippen LogP contribution in [0.2, 0.25) is 0 Å². The lowest BCUT2D eigenvalue weighted by Gasteiger charge is -2.40. The van der Waals surface area contributed by atoms with Gasteiger partial charge in [0.15, 0.2) is 0 Å². The van der Waals surface area contributed by atoms with E-state index in [1.54, 1.807) is 71.9 Å². The second-order valence-electron chi connectivity index (χ2n) is 13.0. The number of carboxylic acid groups (broad SMARTS) is 1. The van der Waals surface area contributed by atoms with Crippen molar-refractivity contribution in [2.75, 3.05) is 21.7 Å². The van der Waals surface area contributed by atoms with Crippen LogP contribution in [-0.4, -0.2) is 47.0 Å². The van der Waals surface area contributed by atoms with E-state index in [4.69, 9.17) is 0 Å².